The average molecular weight is 429 g/mol. The van der Waals surface area contributed by atoms with E-state index in [0.717, 1.165) is 37.6 Å². The van der Waals surface area contributed by atoms with Gasteiger partial charge in [-0.2, -0.15) is 0 Å². The quantitative estimate of drug-likeness (QED) is 0.698. The monoisotopic (exact) mass is 428 g/mol. The van der Waals surface area contributed by atoms with E-state index in [9.17, 15) is 0 Å². The van der Waals surface area contributed by atoms with Gasteiger partial charge in [-0.05, 0) is 71.9 Å². The second-order valence-corrected chi connectivity index (χ2v) is 7.75. The summed E-state index contributed by atoms with van der Waals surface area (Å²) in [5.74, 6) is 0.604. The Morgan fingerprint density at radius 1 is 1.41 bits per heavy atom. The molecule has 3 nitrogen and oxygen atoms in total. The normalized spacial score (nSPS) is 21.7. The molecule has 4 rings (SSSR count). The van der Waals surface area contributed by atoms with Gasteiger partial charge in [0.05, 0.1) is 16.9 Å². The fraction of sp³-hybridized carbons (Fsp3) is 0.471. The molecule has 0 amide bonds. The maximum atomic E-state index is 6.25. The van der Waals surface area contributed by atoms with Gasteiger partial charge in [-0.25, -0.2) is 0 Å². The van der Waals surface area contributed by atoms with Crippen molar-refractivity contribution in [2.24, 2.45) is 10.9 Å². The highest BCUT2D eigenvalue weighted by Crippen LogP contribution is 2.33. The van der Waals surface area contributed by atoms with Gasteiger partial charge in [0.15, 0.2) is 0 Å². The van der Waals surface area contributed by atoms with Crippen molar-refractivity contribution >= 4 is 50.8 Å². The van der Waals surface area contributed by atoms with E-state index in [-0.39, 0.29) is 0 Å². The summed E-state index contributed by atoms with van der Waals surface area (Å²) in [6, 6.07) is 4.10. The van der Waals surface area contributed by atoms with Gasteiger partial charge in [0.25, 0.3) is 0 Å². The number of fused-ring (bicyclic) bond motifs is 3. The maximum absolute atomic E-state index is 6.25. The van der Waals surface area contributed by atoms with Crippen LogP contribution in [0.2, 0.25) is 5.02 Å². The number of ether oxygens (including phenoxy) is 1. The van der Waals surface area contributed by atoms with E-state index in [4.69, 9.17) is 21.3 Å². The molecule has 5 heteroatoms. The third kappa shape index (κ3) is 2.69. The molecule has 1 saturated heterocycles. The van der Waals surface area contributed by atoms with Crippen LogP contribution >= 0.6 is 34.2 Å². The van der Waals surface area contributed by atoms with E-state index < -0.39 is 0 Å². The van der Waals surface area contributed by atoms with Crippen LogP contribution in [0.4, 0.5) is 0 Å². The van der Waals surface area contributed by atoms with Gasteiger partial charge in [-0.3, -0.25) is 4.99 Å². The number of nitrogens with one attached hydrogen (secondary N) is 1. The van der Waals surface area contributed by atoms with Crippen LogP contribution in [0.25, 0.3) is 10.9 Å². The number of aromatic nitrogens is 1. The number of halogens is 2. The van der Waals surface area contributed by atoms with Gasteiger partial charge in [-0.15, -0.1) is 0 Å². The Hall–Kier alpha value is -0.590. The predicted octanol–water partition coefficient (Wildman–Crippen LogP) is 4.59. The number of hydrogen-bond acceptors (Lipinski definition) is 2. The standard InChI is InChI=1S/C17H18ClIN2O/c18-11-7-13-12-3-4-20-15(6-10-2-1-5-22-9-10)17(12)21-16(13)14(19)8-11/h7-8,10,21H,1-6,9H2/t10-/m0/s1. The Kier molecular flexibility index (Phi) is 4.17. The summed E-state index contributed by atoms with van der Waals surface area (Å²) in [5, 5.41) is 2.07. The minimum absolute atomic E-state index is 0.604. The van der Waals surface area contributed by atoms with Crippen molar-refractivity contribution in [2.45, 2.75) is 25.7 Å². The number of aromatic amines is 1. The molecule has 0 spiro atoms. The van der Waals surface area contributed by atoms with Crippen molar-refractivity contribution in [1.82, 2.24) is 4.98 Å². The van der Waals surface area contributed by atoms with E-state index in [1.165, 1.54) is 44.3 Å². The Morgan fingerprint density at radius 3 is 3.14 bits per heavy atom. The lowest BCUT2D eigenvalue weighted by atomic mass is 9.92. The molecule has 116 valence electrons. The highest BCUT2D eigenvalue weighted by Gasteiger charge is 2.24. The predicted molar refractivity (Wildman–Crippen MR) is 99.3 cm³/mol. The van der Waals surface area contributed by atoms with Crippen molar-refractivity contribution in [3.8, 4) is 0 Å². The van der Waals surface area contributed by atoms with Crippen molar-refractivity contribution in [3.05, 3.63) is 32.0 Å². The van der Waals surface area contributed by atoms with Crippen molar-refractivity contribution < 1.29 is 4.74 Å². The molecule has 1 aromatic heterocycles. The van der Waals surface area contributed by atoms with Crippen LogP contribution < -0.4 is 0 Å². The fourth-order valence-electron chi connectivity index (χ4n) is 3.57. The molecule has 0 bridgehead atoms. The first-order chi connectivity index (χ1) is 10.7. The van der Waals surface area contributed by atoms with Crippen LogP contribution in [0.15, 0.2) is 17.1 Å². The molecule has 3 heterocycles. The molecule has 2 aromatic rings. The average Bonchev–Trinajstić information content (AvgIpc) is 2.89. The van der Waals surface area contributed by atoms with Gasteiger partial charge in [-0.1, -0.05) is 11.6 Å². The number of hydrogen-bond donors (Lipinski definition) is 1. The lowest BCUT2D eigenvalue weighted by Crippen LogP contribution is -2.23. The van der Waals surface area contributed by atoms with Gasteiger partial charge >= 0.3 is 0 Å². The van der Waals surface area contributed by atoms with Crippen LogP contribution in [0.5, 0.6) is 0 Å². The Bertz CT molecular complexity index is 747. The molecular weight excluding hydrogens is 411 g/mol. The lowest BCUT2D eigenvalue weighted by molar-refractivity contribution is 0.0575. The Labute approximate surface area is 148 Å². The van der Waals surface area contributed by atoms with Crippen molar-refractivity contribution in [3.63, 3.8) is 0 Å². The zero-order valence-electron chi connectivity index (χ0n) is 12.3. The highest BCUT2D eigenvalue weighted by molar-refractivity contribution is 14.1. The number of nitrogens with zero attached hydrogens (tertiary/aromatic N) is 1. The molecule has 0 saturated carbocycles. The topological polar surface area (TPSA) is 37.4 Å². The van der Waals surface area contributed by atoms with Crippen molar-refractivity contribution in [2.75, 3.05) is 19.8 Å². The van der Waals surface area contributed by atoms with Crippen LogP contribution in [0.3, 0.4) is 0 Å². The molecule has 2 aliphatic heterocycles. The minimum atomic E-state index is 0.604. The summed E-state index contributed by atoms with van der Waals surface area (Å²) >= 11 is 8.60. The van der Waals surface area contributed by atoms with Crippen LogP contribution in [-0.2, 0) is 11.2 Å². The summed E-state index contributed by atoms with van der Waals surface area (Å²) in [7, 11) is 0. The minimum Gasteiger partial charge on any atom is -0.381 e. The Balaban J connectivity index is 1.73. The summed E-state index contributed by atoms with van der Waals surface area (Å²) < 4.78 is 6.80. The largest absolute Gasteiger partial charge is 0.381 e. The molecule has 0 unspecified atom stereocenters. The number of H-pyrrole nitrogens is 1. The first kappa shape index (κ1) is 15.0. The summed E-state index contributed by atoms with van der Waals surface area (Å²) in [6.45, 7) is 2.67. The van der Waals surface area contributed by atoms with Crippen LogP contribution in [-0.4, -0.2) is 30.5 Å². The summed E-state index contributed by atoms with van der Waals surface area (Å²) in [4.78, 5) is 8.42. The third-order valence-electron chi connectivity index (χ3n) is 4.62. The number of rotatable bonds is 2. The van der Waals surface area contributed by atoms with E-state index in [2.05, 4.69) is 33.6 Å². The fourth-order valence-corrected chi connectivity index (χ4v) is 4.73. The van der Waals surface area contributed by atoms with Gasteiger partial charge in [0, 0.05) is 33.7 Å². The smallest absolute Gasteiger partial charge is 0.0639 e. The lowest BCUT2D eigenvalue weighted by Gasteiger charge is -2.23. The third-order valence-corrected chi connectivity index (χ3v) is 5.69. The second-order valence-electron chi connectivity index (χ2n) is 6.15. The molecule has 1 aromatic carbocycles. The van der Waals surface area contributed by atoms with E-state index in [1.807, 2.05) is 6.07 Å². The Morgan fingerprint density at radius 2 is 2.32 bits per heavy atom. The first-order valence-electron chi connectivity index (χ1n) is 7.83. The van der Waals surface area contributed by atoms with Gasteiger partial charge in [0.1, 0.15) is 0 Å². The molecule has 22 heavy (non-hydrogen) atoms. The maximum Gasteiger partial charge on any atom is 0.0639 e. The zero-order valence-corrected chi connectivity index (χ0v) is 15.2. The number of aliphatic imine (C=N–C) groups is 1. The molecule has 0 radical (unpaired) electrons. The van der Waals surface area contributed by atoms with Crippen LogP contribution in [0.1, 0.15) is 30.5 Å². The van der Waals surface area contributed by atoms with Gasteiger partial charge < -0.3 is 9.72 Å². The zero-order chi connectivity index (χ0) is 15.1. The highest BCUT2D eigenvalue weighted by atomic mass is 127. The van der Waals surface area contributed by atoms with E-state index in [0.29, 0.717) is 5.92 Å². The van der Waals surface area contributed by atoms with E-state index >= 15 is 0 Å². The number of benzene rings is 1. The van der Waals surface area contributed by atoms with E-state index in [1.54, 1.807) is 0 Å². The van der Waals surface area contributed by atoms with Crippen molar-refractivity contribution in [1.29, 1.82) is 0 Å². The second kappa shape index (κ2) is 6.13. The molecule has 1 N–H and O–H groups in total. The summed E-state index contributed by atoms with van der Waals surface area (Å²) in [6.07, 6.45) is 4.43. The molecule has 2 aliphatic rings. The molecular formula is C17H18ClIN2O. The van der Waals surface area contributed by atoms with Gasteiger partial charge in [0.2, 0.25) is 0 Å². The molecule has 1 atom stereocenters. The molecule has 1 fully saturated rings. The molecule has 0 aliphatic carbocycles. The summed E-state index contributed by atoms with van der Waals surface area (Å²) in [5.41, 5.74) is 5.04. The first-order valence-corrected chi connectivity index (χ1v) is 9.29. The van der Waals surface area contributed by atoms with Crippen LogP contribution in [0, 0.1) is 9.49 Å². The SMILES string of the molecule is Clc1cc(I)c2[nH]c3c(c2c1)CCN=C3C[C@@H]1CCCOC1.